The highest BCUT2D eigenvalue weighted by atomic mass is 32.1. The first-order valence-electron chi connectivity index (χ1n) is 5.97. The minimum atomic E-state index is 0.543. The van der Waals surface area contributed by atoms with Crippen LogP contribution in [0.2, 0.25) is 0 Å². The van der Waals surface area contributed by atoms with E-state index in [2.05, 4.69) is 30.2 Å². The molecule has 92 valence electrons. The van der Waals surface area contributed by atoms with Gasteiger partial charge in [-0.25, -0.2) is 4.98 Å². The van der Waals surface area contributed by atoms with Crippen LogP contribution >= 0.6 is 11.3 Å². The van der Waals surface area contributed by atoms with Gasteiger partial charge in [-0.3, -0.25) is 0 Å². The van der Waals surface area contributed by atoms with Crippen LogP contribution in [0.15, 0.2) is 28.1 Å². The molecule has 2 heterocycles. The van der Waals surface area contributed by atoms with Gasteiger partial charge in [0.15, 0.2) is 11.7 Å². The van der Waals surface area contributed by atoms with E-state index in [0.29, 0.717) is 6.04 Å². The summed E-state index contributed by atoms with van der Waals surface area (Å²) in [5.41, 5.74) is 0. The van der Waals surface area contributed by atoms with Gasteiger partial charge in [-0.1, -0.05) is 19.9 Å². The Morgan fingerprint density at radius 2 is 2.35 bits per heavy atom. The largest absolute Gasteiger partial charge is 0.440 e. The van der Waals surface area contributed by atoms with Crippen LogP contribution in [0, 0.1) is 0 Å². The number of nitrogens with zero attached hydrogens (tertiary/aromatic N) is 1. The Balaban J connectivity index is 1.83. The second-order valence-electron chi connectivity index (χ2n) is 4.31. The zero-order chi connectivity index (χ0) is 12.1. The number of oxazole rings is 1. The van der Waals surface area contributed by atoms with E-state index in [1.165, 1.54) is 0 Å². The van der Waals surface area contributed by atoms with Gasteiger partial charge in [0.1, 0.15) is 0 Å². The monoisotopic (exact) mass is 250 g/mol. The van der Waals surface area contributed by atoms with Crippen molar-refractivity contribution in [2.24, 2.45) is 0 Å². The van der Waals surface area contributed by atoms with Crippen molar-refractivity contribution in [1.82, 2.24) is 10.3 Å². The van der Waals surface area contributed by atoms with Gasteiger partial charge in [0.2, 0.25) is 0 Å². The van der Waals surface area contributed by atoms with Crippen LogP contribution in [0.25, 0.3) is 10.6 Å². The lowest BCUT2D eigenvalue weighted by molar-refractivity contribution is 0.485. The Kier molecular flexibility index (Phi) is 4.34. The number of aryl methyl sites for hydroxylation is 1. The van der Waals surface area contributed by atoms with Gasteiger partial charge in [0.05, 0.1) is 11.1 Å². The van der Waals surface area contributed by atoms with Crippen molar-refractivity contribution in [2.45, 2.75) is 32.7 Å². The van der Waals surface area contributed by atoms with E-state index in [0.717, 1.165) is 35.9 Å². The van der Waals surface area contributed by atoms with Crippen molar-refractivity contribution >= 4 is 11.3 Å². The SMILES string of the molecule is CC(C)NCCCc1ncc(-c2cccs2)o1. The third-order valence-corrected chi connectivity index (χ3v) is 3.32. The number of aromatic nitrogens is 1. The summed E-state index contributed by atoms with van der Waals surface area (Å²) in [5, 5.41) is 5.43. The summed E-state index contributed by atoms with van der Waals surface area (Å²) in [6.45, 7) is 5.31. The average molecular weight is 250 g/mol. The maximum Gasteiger partial charge on any atom is 0.194 e. The molecule has 0 saturated carbocycles. The molecular weight excluding hydrogens is 232 g/mol. The molecule has 0 spiro atoms. The van der Waals surface area contributed by atoms with E-state index in [1.807, 2.05) is 17.6 Å². The van der Waals surface area contributed by atoms with Crippen LogP contribution in [-0.2, 0) is 6.42 Å². The molecule has 17 heavy (non-hydrogen) atoms. The van der Waals surface area contributed by atoms with E-state index in [-0.39, 0.29) is 0 Å². The van der Waals surface area contributed by atoms with Gasteiger partial charge in [-0.2, -0.15) is 0 Å². The van der Waals surface area contributed by atoms with Crippen LogP contribution in [-0.4, -0.2) is 17.6 Å². The lowest BCUT2D eigenvalue weighted by Gasteiger charge is -2.05. The molecule has 0 bridgehead atoms. The predicted octanol–water partition coefficient (Wildman–Crippen LogP) is 3.33. The fourth-order valence-corrected chi connectivity index (χ4v) is 2.26. The topological polar surface area (TPSA) is 38.1 Å². The quantitative estimate of drug-likeness (QED) is 0.799. The summed E-state index contributed by atoms with van der Waals surface area (Å²) in [5.74, 6) is 1.71. The van der Waals surface area contributed by atoms with Crippen molar-refractivity contribution in [1.29, 1.82) is 0 Å². The van der Waals surface area contributed by atoms with Gasteiger partial charge in [0.25, 0.3) is 0 Å². The molecule has 2 aromatic heterocycles. The normalized spacial score (nSPS) is 11.2. The molecule has 0 amide bonds. The van der Waals surface area contributed by atoms with Crippen molar-refractivity contribution in [3.63, 3.8) is 0 Å². The first-order valence-corrected chi connectivity index (χ1v) is 6.85. The second kappa shape index (κ2) is 5.98. The number of hydrogen-bond donors (Lipinski definition) is 1. The number of hydrogen-bond acceptors (Lipinski definition) is 4. The van der Waals surface area contributed by atoms with E-state index in [9.17, 15) is 0 Å². The number of rotatable bonds is 6. The number of thiophene rings is 1. The molecule has 1 N–H and O–H groups in total. The van der Waals surface area contributed by atoms with Crippen LogP contribution < -0.4 is 5.32 Å². The fourth-order valence-electron chi connectivity index (χ4n) is 1.59. The smallest absolute Gasteiger partial charge is 0.194 e. The maximum atomic E-state index is 5.71. The maximum absolute atomic E-state index is 5.71. The van der Waals surface area contributed by atoms with Gasteiger partial charge < -0.3 is 9.73 Å². The van der Waals surface area contributed by atoms with Gasteiger partial charge in [0, 0.05) is 12.5 Å². The molecule has 0 aromatic carbocycles. The number of nitrogens with one attached hydrogen (secondary N) is 1. The van der Waals surface area contributed by atoms with E-state index >= 15 is 0 Å². The molecule has 2 aromatic rings. The highest BCUT2D eigenvalue weighted by molar-refractivity contribution is 7.13. The molecule has 3 nitrogen and oxygen atoms in total. The third-order valence-electron chi connectivity index (χ3n) is 2.44. The second-order valence-corrected chi connectivity index (χ2v) is 5.26. The summed E-state index contributed by atoms with van der Waals surface area (Å²) in [6.07, 6.45) is 3.77. The predicted molar refractivity (Wildman–Crippen MR) is 71.3 cm³/mol. The van der Waals surface area contributed by atoms with Crippen molar-refractivity contribution in [3.05, 3.63) is 29.6 Å². The zero-order valence-corrected chi connectivity index (χ0v) is 11.1. The summed E-state index contributed by atoms with van der Waals surface area (Å²) >= 11 is 1.68. The Morgan fingerprint density at radius 1 is 1.47 bits per heavy atom. The molecule has 4 heteroatoms. The zero-order valence-electron chi connectivity index (χ0n) is 10.3. The molecule has 0 atom stereocenters. The summed E-state index contributed by atoms with van der Waals surface area (Å²) < 4.78 is 5.71. The Hall–Kier alpha value is -1.13. The van der Waals surface area contributed by atoms with Gasteiger partial charge in [-0.05, 0) is 24.4 Å². The van der Waals surface area contributed by atoms with Gasteiger partial charge >= 0.3 is 0 Å². The molecule has 2 rings (SSSR count). The Morgan fingerprint density at radius 3 is 3.06 bits per heavy atom. The van der Waals surface area contributed by atoms with Crippen molar-refractivity contribution in [3.8, 4) is 10.6 Å². The van der Waals surface area contributed by atoms with E-state index < -0.39 is 0 Å². The fraction of sp³-hybridized carbons (Fsp3) is 0.462. The molecule has 0 unspecified atom stereocenters. The lowest BCUT2D eigenvalue weighted by Crippen LogP contribution is -2.23. The summed E-state index contributed by atoms with van der Waals surface area (Å²) in [6, 6.07) is 4.62. The minimum Gasteiger partial charge on any atom is -0.440 e. The lowest BCUT2D eigenvalue weighted by atomic mass is 10.3. The minimum absolute atomic E-state index is 0.543. The van der Waals surface area contributed by atoms with Crippen LogP contribution in [0.5, 0.6) is 0 Å². The van der Waals surface area contributed by atoms with Gasteiger partial charge in [-0.15, -0.1) is 11.3 Å². The third kappa shape index (κ3) is 3.68. The summed E-state index contributed by atoms with van der Waals surface area (Å²) in [7, 11) is 0. The molecule has 0 aliphatic heterocycles. The molecule has 0 aliphatic carbocycles. The van der Waals surface area contributed by atoms with Crippen molar-refractivity contribution in [2.75, 3.05) is 6.54 Å². The first-order chi connectivity index (χ1) is 8.25. The highest BCUT2D eigenvalue weighted by Gasteiger charge is 2.06. The van der Waals surface area contributed by atoms with Crippen molar-refractivity contribution < 1.29 is 4.42 Å². The molecule has 0 radical (unpaired) electrons. The molecular formula is C13H18N2OS. The molecule has 0 fully saturated rings. The first kappa shape index (κ1) is 12.3. The van der Waals surface area contributed by atoms with E-state index in [1.54, 1.807) is 11.3 Å². The van der Waals surface area contributed by atoms with E-state index in [4.69, 9.17) is 4.42 Å². The van der Waals surface area contributed by atoms with Crippen LogP contribution in [0.1, 0.15) is 26.2 Å². The Bertz CT molecular complexity index is 434. The average Bonchev–Trinajstić information content (AvgIpc) is 2.94. The van der Waals surface area contributed by atoms with Crippen LogP contribution in [0.3, 0.4) is 0 Å². The standard InChI is InChI=1S/C13H18N2OS/c1-10(2)14-7-3-6-13-15-9-11(16-13)12-5-4-8-17-12/h4-5,8-10,14H,3,6-7H2,1-2H3. The highest BCUT2D eigenvalue weighted by Crippen LogP contribution is 2.25. The summed E-state index contributed by atoms with van der Waals surface area (Å²) in [4.78, 5) is 5.44. The Labute approximate surface area is 106 Å². The molecule has 0 saturated heterocycles. The van der Waals surface area contributed by atoms with Crippen LogP contribution in [0.4, 0.5) is 0 Å². The molecule has 0 aliphatic rings.